The molecule has 1 N–H and O–H groups in total. The monoisotopic (exact) mass is 557 g/mol. The number of hydrogen-bond acceptors (Lipinski definition) is 6. The predicted octanol–water partition coefficient (Wildman–Crippen LogP) is 3.76. The number of morpholine rings is 1. The number of carbonyl (C=O) groups excluding carboxylic acids is 3. The van der Waals surface area contributed by atoms with Crippen LogP contribution in [0, 0.1) is 5.82 Å². The molecule has 0 aromatic heterocycles. The van der Waals surface area contributed by atoms with Gasteiger partial charge >= 0.3 is 0 Å². The molecule has 3 aliphatic heterocycles. The molecule has 9 heteroatoms. The van der Waals surface area contributed by atoms with Crippen LogP contribution >= 0.6 is 0 Å². The first-order valence-electron chi connectivity index (χ1n) is 13.9. The van der Waals surface area contributed by atoms with Gasteiger partial charge in [-0.05, 0) is 54.3 Å². The third-order valence-electron chi connectivity index (χ3n) is 8.48. The van der Waals surface area contributed by atoms with Gasteiger partial charge in [0, 0.05) is 30.6 Å². The number of halogens is 1. The first-order valence-corrected chi connectivity index (χ1v) is 13.9. The standard InChI is InChI=1S/C32H32FN3O5/c1-32(35-14-16-40-17-15-35,23-4-2-5-24(33)18-23)22-10-8-21(9-11-22)20-41-28-7-3-6-25-26(28)19-36(31(25)39)27-12-13-29(37)34-30(27)38/h2-11,18,27H,12-17,19-20H2,1H3,(H,34,37,38). The van der Waals surface area contributed by atoms with Crippen LogP contribution in [-0.4, -0.2) is 59.9 Å². The maximum Gasteiger partial charge on any atom is 0.255 e. The minimum atomic E-state index is -0.674. The predicted molar refractivity (Wildman–Crippen MR) is 149 cm³/mol. The fourth-order valence-corrected chi connectivity index (χ4v) is 6.11. The molecule has 0 radical (unpaired) electrons. The number of ether oxygens (including phenoxy) is 2. The van der Waals surface area contributed by atoms with Gasteiger partial charge in [0.1, 0.15) is 24.2 Å². The van der Waals surface area contributed by atoms with Crippen molar-refractivity contribution in [2.24, 2.45) is 0 Å². The van der Waals surface area contributed by atoms with E-state index in [4.69, 9.17) is 9.47 Å². The van der Waals surface area contributed by atoms with Crippen molar-refractivity contribution in [3.63, 3.8) is 0 Å². The van der Waals surface area contributed by atoms with Gasteiger partial charge in [-0.3, -0.25) is 24.6 Å². The summed E-state index contributed by atoms with van der Waals surface area (Å²) in [6, 6.07) is 19.6. The zero-order valence-electron chi connectivity index (χ0n) is 22.9. The number of carbonyl (C=O) groups is 3. The van der Waals surface area contributed by atoms with Crippen molar-refractivity contribution < 1.29 is 28.2 Å². The van der Waals surface area contributed by atoms with Crippen LogP contribution in [0.4, 0.5) is 4.39 Å². The molecule has 8 nitrogen and oxygen atoms in total. The molecular formula is C32H32FN3O5. The van der Waals surface area contributed by atoms with Crippen LogP contribution in [0.25, 0.3) is 0 Å². The van der Waals surface area contributed by atoms with E-state index in [0.29, 0.717) is 30.9 Å². The minimum Gasteiger partial charge on any atom is -0.489 e. The Morgan fingerprint density at radius 2 is 1.76 bits per heavy atom. The molecule has 0 saturated carbocycles. The van der Waals surface area contributed by atoms with Crippen LogP contribution < -0.4 is 10.1 Å². The third-order valence-corrected chi connectivity index (χ3v) is 8.48. The Morgan fingerprint density at radius 3 is 2.49 bits per heavy atom. The van der Waals surface area contributed by atoms with E-state index < -0.39 is 17.5 Å². The number of imide groups is 1. The lowest BCUT2D eigenvalue weighted by Crippen LogP contribution is -2.52. The summed E-state index contributed by atoms with van der Waals surface area (Å²) in [6.45, 7) is 5.40. The van der Waals surface area contributed by atoms with E-state index in [9.17, 15) is 18.8 Å². The van der Waals surface area contributed by atoms with Crippen molar-refractivity contribution in [3.05, 3.63) is 100 Å². The Labute approximate surface area is 238 Å². The average molecular weight is 558 g/mol. The van der Waals surface area contributed by atoms with E-state index in [2.05, 4.69) is 29.3 Å². The molecule has 3 amide bonds. The largest absolute Gasteiger partial charge is 0.489 e. The van der Waals surface area contributed by atoms with Gasteiger partial charge in [0.25, 0.3) is 5.91 Å². The van der Waals surface area contributed by atoms with E-state index in [0.717, 1.165) is 35.3 Å². The molecule has 41 heavy (non-hydrogen) atoms. The van der Waals surface area contributed by atoms with Crippen molar-refractivity contribution in [2.45, 2.75) is 44.5 Å². The van der Waals surface area contributed by atoms with E-state index in [1.807, 2.05) is 24.3 Å². The molecule has 2 unspecified atom stereocenters. The number of piperidine rings is 1. The quantitative estimate of drug-likeness (QED) is 0.445. The van der Waals surface area contributed by atoms with Gasteiger partial charge in [-0.2, -0.15) is 0 Å². The molecule has 0 aliphatic carbocycles. The summed E-state index contributed by atoms with van der Waals surface area (Å²) in [7, 11) is 0. The number of nitrogens with zero attached hydrogens (tertiary/aromatic N) is 2. The number of fused-ring (bicyclic) bond motifs is 1. The second-order valence-corrected chi connectivity index (χ2v) is 10.8. The lowest BCUT2D eigenvalue weighted by Gasteiger charge is -2.44. The molecule has 0 bridgehead atoms. The van der Waals surface area contributed by atoms with Gasteiger partial charge in [0.15, 0.2) is 0 Å². The zero-order chi connectivity index (χ0) is 28.6. The smallest absolute Gasteiger partial charge is 0.255 e. The second-order valence-electron chi connectivity index (χ2n) is 10.8. The van der Waals surface area contributed by atoms with Crippen LogP contribution in [0.2, 0.25) is 0 Å². The van der Waals surface area contributed by atoms with Crippen LogP contribution in [0.5, 0.6) is 5.75 Å². The molecule has 3 heterocycles. The second kappa shape index (κ2) is 11.1. The summed E-state index contributed by atoms with van der Waals surface area (Å²) >= 11 is 0. The number of rotatable bonds is 7. The van der Waals surface area contributed by atoms with Crippen LogP contribution in [0.1, 0.15) is 52.4 Å². The molecule has 3 aromatic carbocycles. The lowest BCUT2D eigenvalue weighted by atomic mass is 9.82. The molecule has 2 atom stereocenters. The molecule has 3 aromatic rings. The van der Waals surface area contributed by atoms with Crippen molar-refractivity contribution in [1.29, 1.82) is 0 Å². The highest BCUT2D eigenvalue weighted by Crippen LogP contribution is 2.37. The number of amides is 3. The van der Waals surface area contributed by atoms with Gasteiger partial charge in [-0.1, -0.05) is 42.5 Å². The lowest BCUT2D eigenvalue weighted by molar-refractivity contribution is -0.136. The Morgan fingerprint density at radius 1 is 1.00 bits per heavy atom. The normalized spacial score (nSPS) is 20.9. The maximum atomic E-state index is 14.3. The highest BCUT2D eigenvalue weighted by Gasteiger charge is 2.40. The topological polar surface area (TPSA) is 88.2 Å². The number of hydrogen-bond donors (Lipinski definition) is 1. The molecule has 212 valence electrons. The first kappa shape index (κ1) is 27.1. The summed E-state index contributed by atoms with van der Waals surface area (Å²) in [4.78, 5) is 40.9. The van der Waals surface area contributed by atoms with E-state index in [1.165, 1.54) is 11.0 Å². The van der Waals surface area contributed by atoms with Gasteiger partial charge in [-0.15, -0.1) is 0 Å². The summed E-state index contributed by atoms with van der Waals surface area (Å²) in [5.41, 5.74) is 3.59. The maximum absolute atomic E-state index is 14.3. The molecule has 2 fully saturated rings. The fourth-order valence-electron chi connectivity index (χ4n) is 6.11. The number of nitrogens with one attached hydrogen (secondary N) is 1. The summed E-state index contributed by atoms with van der Waals surface area (Å²) in [5, 5.41) is 2.33. The van der Waals surface area contributed by atoms with E-state index >= 15 is 0 Å². The summed E-state index contributed by atoms with van der Waals surface area (Å²) < 4.78 is 26.1. The van der Waals surface area contributed by atoms with Crippen LogP contribution in [0.15, 0.2) is 66.7 Å². The van der Waals surface area contributed by atoms with Gasteiger partial charge in [-0.25, -0.2) is 4.39 Å². The van der Waals surface area contributed by atoms with Crippen molar-refractivity contribution in [3.8, 4) is 5.75 Å². The fraction of sp³-hybridized carbons (Fsp3) is 0.344. The van der Waals surface area contributed by atoms with Crippen LogP contribution in [0.3, 0.4) is 0 Å². The van der Waals surface area contributed by atoms with Crippen molar-refractivity contribution in [2.75, 3.05) is 26.3 Å². The summed E-state index contributed by atoms with van der Waals surface area (Å²) in [5.74, 6) is -0.660. The molecular weight excluding hydrogens is 525 g/mol. The van der Waals surface area contributed by atoms with Gasteiger partial charge in [0.2, 0.25) is 11.8 Å². The van der Waals surface area contributed by atoms with Gasteiger partial charge in [0.05, 0.1) is 25.3 Å². The SMILES string of the molecule is CC(c1ccc(COc2cccc3c2CN(C2CCC(=O)NC2=O)C3=O)cc1)(c1cccc(F)c1)N1CCOCC1. The highest BCUT2D eigenvalue weighted by atomic mass is 19.1. The van der Waals surface area contributed by atoms with Crippen molar-refractivity contribution in [1.82, 2.24) is 15.1 Å². The summed E-state index contributed by atoms with van der Waals surface area (Å²) in [6.07, 6.45) is 0.519. The Hall–Kier alpha value is -4.08. The zero-order valence-corrected chi connectivity index (χ0v) is 22.9. The Balaban J connectivity index is 1.20. The highest BCUT2D eigenvalue weighted by molar-refractivity contribution is 6.05. The van der Waals surface area contributed by atoms with E-state index in [1.54, 1.807) is 24.3 Å². The molecule has 0 spiro atoms. The third kappa shape index (κ3) is 5.11. The molecule has 3 aliphatic rings. The van der Waals surface area contributed by atoms with Gasteiger partial charge < -0.3 is 14.4 Å². The molecule has 2 saturated heterocycles. The minimum absolute atomic E-state index is 0.208. The first-order chi connectivity index (χ1) is 19.8. The Kier molecular flexibility index (Phi) is 7.32. The van der Waals surface area contributed by atoms with Crippen molar-refractivity contribution >= 4 is 17.7 Å². The van der Waals surface area contributed by atoms with Crippen LogP contribution in [-0.2, 0) is 33.0 Å². The molecule has 6 rings (SSSR count). The average Bonchev–Trinajstić information content (AvgIpc) is 3.33. The number of benzene rings is 3. The van der Waals surface area contributed by atoms with E-state index in [-0.39, 0.29) is 37.2 Å². The Bertz CT molecular complexity index is 1490.